The fourth-order valence-electron chi connectivity index (χ4n) is 2.83. The first-order valence-corrected chi connectivity index (χ1v) is 10.7. The van der Waals surface area contributed by atoms with Gasteiger partial charge >= 0.3 is 5.97 Å². The number of carbonyl (C=O) groups excluding carboxylic acids is 2. The third kappa shape index (κ3) is 5.26. The van der Waals surface area contributed by atoms with Crippen LogP contribution in [-0.2, 0) is 24.3 Å². The molecule has 1 saturated heterocycles. The summed E-state index contributed by atoms with van der Waals surface area (Å²) in [6.45, 7) is 2.33. The first kappa shape index (κ1) is 19.9. The zero-order valence-corrected chi connectivity index (χ0v) is 16.1. The molecule has 1 unspecified atom stereocenters. The molecular formula is C16H24N2O5S2. The molecule has 0 spiro atoms. The molecule has 25 heavy (non-hydrogen) atoms. The maximum Gasteiger partial charge on any atom is 0.307 e. The minimum atomic E-state index is -3.21. The third-order valence-electron chi connectivity index (χ3n) is 4.38. The summed E-state index contributed by atoms with van der Waals surface area (Å²) in [6, 6.07) is 3.32. The Morgan fingerprint density at radius 1 is 1.40 bits per heavy atom. The predicted octanol–water partition coefficient (Wildman–Crippen LogP) is 1.53. The molecule has 7 nitrogen and oxygen atoms in total. The van der Waals surface area contributed by atoms with E-state index in [-0.39, 0.29) is 30.0 Å². The fraction of sp³-hybridized carbons (Fsp3) is 0.625. The van der Waals surface area contributed by atoms with Crippen LogP contribution in [0.3, 0.4) is 0 Å². The first-order valence-electron chi connectivity index (χ1n) is 8.25. The molecule has 1 aliphatic heterocycles. The highest BCUT2D eigenvalue weighted by molar-refractivity contribution is 7.89. The Morgan fingerprint density at radius 2 is 2.08 bits per heavy atom. The lowest BCUT2D eigenvalue weighted by atomic mass is 9.96. The standard InChI is InChI=1S/C16H24N2O5S2/c1-3-25(21,22)18-8-6-12(7-9-18)16(20)17-13(11-15(19)23-2)14-5-4-10-24-14/h4-5,10,12-13H,3,6-9,11H2,1-2H3,(H,17,20). The second-order valence-electron chi connectivity index (χ2n) is 5.93. The highest BCUT2D eigenvalue weighted by Crippen LogP contribution is 2.25. The average Bonchev–Trinajstić information content (AvgIpc) is 3.15. The molecule has 1 fully saturated rings. The van der Waals surface area contributed by atoms with E-state index in [1.165, 1.54) is 22.8 Å². The summed E-state index contributed by atoms with van der Waals surface area (Å²) in [6.07, 6.45) is 1.05. The molecule has 9 heteroatoms. The van der Waals surface area contributed by atoms with E-state index in [0.29, 0.717) is 25.9 Å². The smallest absolute Gasteiger partial charge is 0.307 e. The van der Waals surface area contributed by atoms with Crippen molar-refractivity contribution in [3.63, 3.8) is 0 Å². The van der Waals surface area contributed by atoms with Gasteiger partial charge in [-0.1, -0.05) is 6.07 Å². The van der Waals surface area contributed by atoms with Gasteiger partial charge in [-0.3, -0.25) is 9.59 Å². The van der Waals surface area contributed by atoms with Crippen LogP contribution in [0.5, 0.6) is 0 Å². The van der Waals surface area contributed by atoms with Gasteiger partial charge in [0.05, 0.1) is 25.3 Å². The van der Waals surface area contributed by atoms with Crippen molar-refractivity contribution in [2.45, 2.75) is 32.2 Å². The molecule has 1 aromatic heterocycles. The summed E-state index contributed by atoms with van der Waals surface area (Å²) in [4.78, 5) is 25.1. The zero-order valence-electron chi connectivity index (χ0n) is 14.4. The Kier molecular flexibility index (Phi) is 6.97. The fourth-order valence-corrected chi connectivity index (χ4v) is 4.74. The number of thiophene rings is 1. The Bertz CT molecular complexity index is 679. The number of hydrogen-bond donors (Lipinski definition) is 1. The van der Waals surface area contributed by atoms with Crippen molar-refractivity contribution in [1.29, 1.82) is 0 Å². The molecule has 0 aliphatic carbocycles. The number of sulfonamides is 1. The number of amides is 1. The quantitative estimate of drug-likeness (QED) is 0.715. The van der Waals surface area contributed by atoms with E-state index in [0.717, 1.165) is 4.88 Å². The lowest BCUT2D eigenvalue weighted by molar-refractivity contribution is -0.141. The van der Waals surface area contributed by atoms with E-state index >= 15 is 0 Å². The number of carbonyl (C=O) groups is 2. The van der Waals surface area contributed by atoms with Crippen molar-refractivity contribution in [1.82, 2.24) is 9.62 Å². The molecule has 2 rings (SSSR count). The third-order valence-corrected chi connectivity index (χ3v) is 7.25. The maximum atomic E-state index is 12.6. The van der Waals surface area contributed by atoms with Gasteiger partial charge in [0.2, 0.25) is 15.9 Å². The number of ether oxygens (including phenoxy) is 1. The first-order chi connectivity index (χ1) is 11.9. The molecule has 140 valence electrons. The Balaban J connectivity index is 1.96. The summed E-state index contributed by atoms with van der Waals surface area (Å²) in [5.41, 5.74) is 0. The average molecular weight is 389 g/mol. The summed E-state index contributed by atoms with van der Waals surface area (Å²) in [7, 11) is -1.89. The summed E-state index contributed by atoms with van der Waals surface area (Å²) in [5, 5.41) is 4.81. The van der Waals surface area contributed by atoms with Crippen LogP contribution in [0.15, 0.2) is 17.5 Å². The number of methoxy groups -OCH3 is 1. The maximum absolute atomic E-state index is 12.6. The topological polar surface area (TPSA) is 92.8 Å². The van der Waals surface area contributed by atoms with Crippen LogP contribution in [0.4, 0.5) is 0 Å². The Morgan fingerprint density at radius 3 is 2.60 bits per heavy atom. The van der Waals surface area contributed by atoms with Crippen LogP contribution in [0.2, 0.25) is 0 Å². The minimum Gasteiger partial charge on any atom is -0.469 e. The van der Waals surface area contributed by atoms with Crippen molar-refractivity contribution < 1.29 is 22.7 Å². The van der Waals surface area contributed by atoms with Gasteiger partial charge < -0.3 is 10.1 Å². The van der Waals surface area contributed by atoms with Crippen LogP contribution < -0.4 is 5.32 Å². The molecule has 2 heterocycles. The van der Waals surface area contributed by atoms with Gasteiger partial charge in [-0.15, -0.1) is 11.3 Å². The van der Waals surface area contributed by atoms with Gasteiger partial charge in [0.1, 0.15) is 0 Å². The molecular weight excluding hydrogens is 364 g/mol. The Labute approximate surface area is 152 Å². The number of esters is 1. The van der Waals surface area contributed by atoms with E-state index in [9.17, 15) is 18.0 Å². The SMILES string of the molecule is CCS(=O)(=O)N1CCC(C(=O)NC(CC(=O)OC)c2cccs2)CC1. The van der Waals surface area contributed by atoms with Crippen LogP contribution in [0.1, 0.15) is 37.1 Å². The molecule has 1 N–H and O–H groups in total. The monoisotopic (exact) mass is 388 g/mol. The minimum absolute atomic E-state index is 0.0729. The van der Waals surface area contributed by atoms with Crippen molar-refractivity contribution >= 4 is 33.2 Å². The molecule has 0 radical (unpaired) electrons. The molecule has 1 atom stereocenters. The van der Waals surface area contributed by atoms with E-state index < -0.39 is 16.1 Å². The number of hydrogen-bond acceptors (Lipinski definition) is 6. The summed E-state index contributed by atoms with van der Waals surface area (Å²) < 4.78 is 29.9. The van der Waals surface area contributed by atoms with E-state index in [1.807, 2.05) is 17.5 Å². The normalized spacial score (nSPS) is 17.8. The van der Waals surface area contributed by atoms with Gasteiger partial charge in [-0.05, 0) is 31.2 Å². The van der Waals surface area contributed by atoms with Gasteiger partial charge in [0.25, 0.3) is 0 Å². The molecule has 0 bridgehead atoms. The number of rotatable bonds is 7. The highest BCUT2D eigenvalue weighted by atomic mass is 32.2. The van der Waals surface area contributed by atoms with Crippen LogP contribution in [-0.4, -0.2) is 50.6 Å². The van der Waals surface area contributed by atoms with Gasteiger partial charge in [0, 0.05) is 23.9 Å². The number of piperidine rings is 1. The number of nitrogens with one attached hydrogen (secondary N) is 1. The predicted molar refractivity (Wildman–Crippen MR) is 95.6 cm³/mol. The lowest BCUT2D eigenvalue weighted by Gasteiger charge is -2.31. The Hall–Kier alpha value is -1.45. The van der Waals surface area contributed by atoms with Crippen LogP contribution in [0, 0.1) is 5.92 Å². The van der Waals surface area contributed by atoms with Gasteiger partial charge in [0.15, 0.2) is 0 Å². The van der Waals surface area contributed by atoms with Crippen LogP contribution >= 0.6 is 11.3 Å². The molecule has 1 amide bonds. The van der Waals surface area contributed by atoms with E-state index in [1.54, 1.807) is 6.92 Å². The summed E-state index contributed by atoms with van der Waals surface area (Å²) in [5.74, 6) is -0.703. The van der Waals surface area contributed by atoms with Crippen molar-refractivity contribution in [2.75, 3.05) is 26.0 Å². The highest BCUT2D eigenvalue weighted by Gasteiger charge is 2.31. The molecule has 0 aromatic carbocycles. The second kappa shape index (κ2) is 8.77. The lowest BCUT2D eigenvalue weighted by Crippen LogP contribution is -2.44. The van der Waals surface area contributed by atoms with Crippen molar-refractivity contribution in [2.24, 2.45) is 5.92 Å². The van der Waals surface area contributed by atoms with E-state index in [4.69, 9.17) is 4.74 Å². The summed E-state index contributed by atoms with van der Waals surface area (Å²) >= 11 is 1.47. The molecule has 1 aliphatic rings. The zero-order chi connectivity index (χ0) is 18.4. The second-order valence-corrected chi connectivity index (χ2v) is 9.17. The van der Waals surface area contributed by atoms with Gasteiger partial charge in [-0.25, -0.2) is 12.7 Å². The van der Waals surface area contributed by atoms with E-state index in [2.05, 4.69) is 5.32 Å². The molecule has 0 saturated carbocycles. The van der Waals surface area contributed by atoms with Crippen molar-refractivity contribution in [3.8, 4) is 0 Å². The van der Waals surface area contributed by atoms with Gasteiger partial charge in [-0.2, -0.15) is 0 Å². The molecule has 1 aromatic rings. The van der Waals surface area contributed by atoms with Crippen LogP contribution in [0.25, 0.3) is 0 Å². The number of nitrogens with zero attached hydrogens (tertiary/aromatic N) is 1. The largest absolute Gasteiger partial charge is 0.469 e. The van der Waals surface area contributed by atoms with Crippen molar-refractivity contribution in [3.05, 3.63) is 22.4 Å².